The van der Waals surface area contributed by atoms with Crippen molar-refractivity contribution in [3.8, 4) is 6.07 Å². The number of halogens is 3. The number of carbonyl (C=O) groups excluding carboxylic acids is 3. The lowest BCUT2D eigenvalue weighted by Gasteiger charge is -2.36. The number of carbonyl (C=O) groups is 3. The quantitative estimate of drug-likeness (QED) is 0.438. The predicted molar refractivity (Wildman–Crippen MR) is 131 cm³/mol. The van der Waals surface area contributed by atoms with Crippen LogP contribution in [0.25, 0.3) is 0 Å². The highest BCUT2D eigenvalue weighted by Gasteiger charge is 2.48. The number of hydrogen-bond acceptors (Lipinski definition) is 5. The summed E-state index contributed by atoms with van der Waals surface area (Å²) in [6, 6.07) is -1.31. The van der Waals surface area contributed by atoms with Crippen molar-refractivity contribution in [3.05, 3.63) is 0 Å². The van der Waals surface area contributed by atoms with Gasteiger partial charge in [-0.15, -0.1) is 0 Å². The Balaban J connectivity index is 3.34. The average Bonchev–Trinajstić information content (AvgIpc) is 3.20. The minimum absolute atomic E-state index is 0.146. The van der Waals surface area contributed by atoms with Gasteiger partial charge in [-0.05, 0) is 50.1 Å². The van der Waals surface area contributed by atoms with E-state index in [4.69, 9.17) is 0 Å². The highest BCUT2D eigenvalue weighted by Crippen LogP contribution is 2.29. The summed E-state index contributed by atoms with van der Waals surface area (Å²) in [5.41, 5.74) is -1.05. The molecule has 4 atom stereocenters. The molecule has 0 aliphatic carbocycles. The van der Waals surface area contributed by atoms with Crippen molar-refractivity contribution >= 4 is 17.7 Å². The number of nitriles is 1. The Morgan fingerprint density at radius 2 is 1.64 bits per heavy atom. The highest BCUT2D eigenvalue weighted by molar-refractivity contribution is 5.94. The predicted octanol–water partition coefficient (Wildman–Crippen LogP) is 3.23. The molecule has 0 spiro atoms. The van der Waals surface area contributed by atoms with Crippen molar-refractivity contribution in [1.29, 1.82) is 5.26 Å². The van der Waals surface area contributed by atoms with Crippen LogP contribution in [0.2, 0.25) is 0 Å². The molecule has 0 bridgehead atoms. The third kappa shape index (κ3) is 8.95. The summed E-state index contributed by atoms with van der Waals surface area (Å²) in [4.78, 5) is 42.2. The van der Waals surface area contributed by atoms with E-state index in [9.17, 15) is 32.8 Å². The second-order valence-corrected chi connectivity index (χ2v) is 11.0. The Labute approximate surface area is 212 Å². The first-order valence-electron chi connectivity index (χ1n) is 12.7. The third-order valence-electron chi connectivity index (χ3n) is 6.23. The first-order chi connectivity index (χ1) is 16.6. The van der Waals surface area contributed by atoms with Crippen molar-refractivity contribution in [3.63, 3.8) is 0 Å². The number of nitrogens with one attached hydrogen (secondary N) is 2. The Morgan fingerprint density at radius 1 is 1.08 bits per heavy atom. The van der Waals surface area contributed by atoms with Crippen molar-refractivity contribution in [1.82, 2.24) is 20.4 Å². The van der Waals surface area contributed by atoms with Gasteiger partial charge in [-0.25, -0.2) is 0 Å². The molecule has 1 rings (SSSR count). The number of amides is 3. The minimum Gasteiger partial charge on any atom is -0.339 e. The second-order valence-electron chi connectivity index (χ2n) is 11.0. The molecule has 3 amide bonds. The fourth-order valence-electron chi connectivity index (χ4n) is 4.53. The maximum absolute atomic E-state index is 13.7. The molecule has 0 aromatic carbocycles. The van der Waals surface area contributed by atoms with Gasteiger partial charge >= 0.3 is 12.1 Å². The summed E-state index contributed by atoms with van der Waals surface area (Å²) < 4.78 is 39.1. The van der Waals surface area contributed by atoms with Crippen LogP contribution in [0.15, 0.2) is 0 Å². The van der Waals surface area contributed by atoms with E-state index in [2.05, 4.69) is 16.3 Å². The molecule has 1 fully saturated rings. The van der Waals surface area contributed by atoms with E-state index in [0.29, 0.717) is 12.8 Å². The molecule has 0 unspecified atom stereocenters. The molecule has 0 saturated carbocycles. The van der Waals surface area contributed by atoms with Crippen LogP contribution >= 0.6 is 0 Å². The molecule has 1 aliphatic rings. The van der Waals surface area contributed by atoms with Gasteiger partial charge < -0.3 is 15.5 Å². The lowest BCUT2D eigenvalue weighted by molar-refractivity contribution is -0.176. The molecular formula is C25H42F3N5O3. The van der Waals surface area contributed by atoms with Crippen LogP contribution in [0.4, 0.5) is 13.2 Å². The fraction of sp³-hybridized carbons (Fsp3) is 0.840. The Morgan fingerprint density at radius 3 is 2.06 bits per heavy atom. The zero-order valence-electron chi connectivity index (χ0n) is 22.5. The largest absolute Gasteiger partial charge is 0.471 e. The van der Waals surface area contributed by atoms with E-state index in [1.54, 1.807) is 20.8 Å². The van der Waals surface area contributed by atoms with Crippen molar-refractivity contribution in [2.75, 3.05) is 19.6 Å². The van der Waals surface area contributed by atoms with E-state index < -0.39 is 47.4 Å². The molecule has 0 radical (unpaired) electrons. The monoisotopic (exact) mass is 517 g/mol. The van der Waals surface area contributed by atoms with Gasteiger partial charge in [0, 0.05) is 12.6 Å². The molecule has 0 aromatic rings. The van der Waals surface area contributed by atoms with Gasteiger partial charge in [-0.1, -0.05) is 48.5 Å². The Bertz CT molecular complexity index is 798. The number of hydrogen-bond donors (Lipinski definition) is 2. The number of nitrogens with zero attached hydrogens (tertiary/aromatic N) is 3. The summed E-state index contributed by atoms with van der Waals surface area (Å²) in [7, 11) is 0. The zero-order valence-corrected chi connectivity index (χ0v) is 22.5. The van der Waals surface area contributed by atoms with E-state index in [-0.39, 0.29) is 18.5 Å². The van der Waals surface area contributed by atoms with Crippen LogP contribution in [-0.2, 0) is 14.4 Å². The molecular weight excluding hydrogens is 475 g/mol. The molecule has 36 heavy (non-hydrogen) atoms. The van der Waals surface area contributed by atoms with Crippen LogP contribution in [-0.4, -0.2) is 77.5 Å². The minimum atomic E-state index is -5.15. The van der Waals surface area contributed by atoms with Gasteiger partial charge in [-0.3, -0.25) is 19.3 Å². The average molecular weight is 518 g/mol. The number of likely N-dealkylation sites (tertiary alicyclic amines) is 1. The third-order valence-corrected chi connectivity index (χ3v) is 6.23. The molecule has 0 aromatic heterocycles. The van der Waals surface area contributed by atoms with Crippen LogP contribution in [0.5, 0.6) is 0 Å². The van der Waals surface area contributed by atoms with Crippen LogP contribution in [0.1, 0.15) is 74.1 Å². The summed E-state index contributed by atoms with van der Waals surface area (Å²) in [6.45, 7) is 14.2. The fourth-order valence-corrected chi connectivity index (χ4v) is 4.53. The summed E-state index contributed by atoms with van der Waals surface area (Å²) >= 11 is 0. The Hall–Kier alpha value is -2.35. The molecule has 2 N–H and O–H groups in total. The maximum atomic E-state index is 13.7. The van der Waals surface area contributed by atoms with Gasteiger partial charge in [0.25, 0.3) is 0 Å². The zero-order chi connectivity index (χ0) is 27.8. The topological polar surface area (TPSA) is 106 Å². The van der Waals surface area contributed by atoms with Gasteiger partial charge in [0.15, 0.2) is 0 Å². The lowest BCUT2D eigenvalue weighted by atomic mass is 9.85. The van der Waals surface area contributed by atoms with E-state index in [1.807, 2.05) is 33.0 Å². The first-order valence-corrected chi connectivity index (χ1v) is 12.7. The number of alkyl halides is 3. The standard InChI is InChI=1S/C25H42F3N5O3/c1-8-10-32(11-9-2)18-13-19(21(34)30-17(14-29)12-16(3)4)33(15-18)22(35)20(24(5,6)7)31-23(36)25(26,27)28/h16-20H,8-13,15H2,1-7H3,(H,30,34)(H,31,36)/t17-,18+,19-,20+/m0/s1. The second kappa shape index (κ2) is 13.3. The van der Waals surface area contributed by atoms with Crippen molar-refractivity contribution in [2.24, 2.45) is 11.3 Å². The molecule has 206 valence electrons. The van der Waals surface area contributed by atoms with Gasteiger partial charge in [0.2, 0.25) is 11.8 Å². The van der Waals surface area contributed by atoms with Crippen LogP contribution < -0.4 is 10.6 Å². The maximum Gasteiger partial charge on any atom is 0.471 e. The van der Waals surface area contributed by atoms with Gasteiger partial charge in [0.1, 0.15) is 18.1 Å². The van der Waals surface area contributed by atoms with E-state index in [1.165, 1.54) is 4.90 Å². The van der Waals surface area contributed by atoms with E-state index in [0.717, 1.165) is 25.9 Å². The molecule has 11 heteroatoms. The normalized spacial score (nSPS) is 20.2. The van der Waals surface area contributed by atoms with E-state index >= 15 is 0 Å². The Kier molecular flexibility index (Phi) is 11.7. The highest BCUT2D eigenvalue weighted by atomic mass is 19.4. The summed E-state index contributed by atoms with van der Waals surface area (Å²) in [5, 5.41) is 14.0. The van der Waals surface area contributed by atoms with Gasteiger partial charge in [-0.2, -0.15) is 18.4 Å². The van der Waals surface area contributed by atoms with Crippen molar-refractivity contribution in [2.45, 2.75) is 104 Å². The van der Waals surface area contributed by atoms with Crippen molar-refractivity contribution < 1.29 is 27.6 Å². The molecule has 1 heterocycles. The summed E-state index contributed by atoms with van der Waals surface area (Å²) in [6.07, 6.45) is -2.71. The van der Waals surface area contributed by atoms with Crippen LogP contribution in [0, 0.1) is 22.7 Å². The van der Waals surface area contributed by atoms with Crippen LogP contribution in [0.3, 0.4) is 0 Å². The van der Waals surface area contributed by atoms with Gasteiger partial charge in [0.05, 0.1) is 6.07 Å². The lowest BCUT2D eigenvalue weighted by Crippen LogP contribution is -2.59. The SMILES string of the molecule is CCCN(CCC)[C@@H]1C[C@@H](C(=O)N[C@H](C#N)CC(C)C)N(C(=O)[C@@H](NC(=O)C(F)(F)F)C(C)(C)C)C1. The first kappa shape index (κ1) is 31.7. The molecule has 1 aliphatic heterocycles. The molecule has 8 nitrogen and oxygen atoms in total. The smallest absolute Gasteiger partial charge is 0.339 e. The number of rotatable bonds is 11. The molecule has 1 saturated heterocycles. The summed E-state index contributed by atoms with van der Waals surface area (Å²) in [5.74, 6) is -3.31.